The number of rotatable bonds is 1. The molecule has 0 amide bonds. The third-order valence-corrected chi connectivity index (χ3v) is 10.6. The van der Waals surface area contributed by atoms with Crippen LogP contribution in [0.1, 0.15) is 20.8 Å². The van der Waals surface area contributed by atoms with Crippen molar-refractivity contribution in [2.75, 3.05) is 0 Å². The first-order valence-electron chi connectivity index (χ1n) is 7.32. The van der Waals surface area contributed by atoms with Crippen LogP contribution in [0.5, 0.6) is 0 Å². The lowest BCUT2D eigenvalue weighted by Gasteiger charge is -2.37. The number of hydrogen-bond acceptors (Lipinski definition) is 0. The molecule has 3 aromatic rings. The molecule has 0 bridgehead atoms. The van der Waals surface area contributed by atoms with E-state index in [-0.39, 0.29) is 0 Å². The maximum atomic E-state index is 3.66. The topological polar surface area (TPSA) is 15.8 Å². The van der Waals surface area contributed by atoms with Crippen LogP contribution in [-0.2, 0) is 0 Å². The molecule has 0 aliphatic rings. The average molecular weight is 281 g/mol. The van der Waals surface area contributed by atoms with Gasteiger partial charge in [-0.05, 0) is 16.3 Å². The minimum atomic E-state index is -1.54. The van der Waals surface area contributed by atoms with Crippen LogP contribution < -0.4 is 5.19 Å². The number of H-pyrrole nitrogens is 1. The summed E-state index contributed by atoms with van der Waals surface area (Å²) in [5.41, 5.74) is 2.59. The fraction of sp³-hybridized carbons (Fsp3) is 0.333. The fourth-order valence-electron chi connectivity index (χ4n) is 2.80. The first-order chi connectivity index (χ1) is 9.32. The van der Waals surface area contributed by atoms with E-state index in [0.29, 0.717) is 5.04 Å². The third-order valence-electron chi connectivity index (χ3n) is 5.09. The van der Waals surface area contributed by atoms with E-state index >= 15 is 0 Å². The lowest BCUT2D eigenvalue weighted by atomic mass is 10.1. The Morgan fingerprint density at radius 3 is 2.20 bits per heavy atom. The van der Waals surface area contributed by atoms with Crippen molar-refractivity contribution in [1.29, 1.82) is 0 Å². The molecule has 1 heterocycles. The van der Waals surface area contributed by atoms with Crippen LogP contribution in [0.25, 0.3) is 21.8 Å². The molecule has 0 saturated carbocycles. The van der Waals surface area contributed by atoms with Crippen LogP contribution in [0.15, 0.2) is 42.5 Å². The summed E-state index contributed by atoms with van der Waals surface area (Å²) in [4.78, 5) is 3.66. The van der Waals surface area contributed by atoms with Gasteiger partial charge in [0.15, 0.2) is 0 Å². The summed E-state index contributed by atoms with van der Waals surface area (Å²) < 4.78 is 0. The molecule has 0 aliphatic heterocycles. The lowest BCUT2D eigenvalue weighted by Crippen LogP contribution is -2.49. The van der Waals surface area contributed by atoms with Crippen LogP contribution in [0, 0.1) is 0 Å². The van der Waals surface area contributed by atoms with Gasteiger partial charge in [-0.3, -0.25) is 0 Å². The molecule has 0 aliphatic carbocycles. The second-order valence-electron chi connectivity index (χ2n) is 7.27. The minimum absolute atomic E-state index is 0.346. The van der Waals surface area contributed by atoms with E-state index in [1.54, 1.807) is 5.19 Å². The van der Waals surface area contributed by atoms with Gasteiger partial charge in [0.1, 0.15) is 0 Å². The van der Waals surface area contributed by atoms with E-state index < -0.39 is 8.07 Å². The van der Waals surface area contributed by atoms with Crippen LogP contribution >= 0.6 is 0 Å². The van der Waals surface area contributed by atoms with E-state index in [1.807, 2.05) is 0 Å². The summed E-state index contributed by atoms with van der Waals surface area (Å²) in [6.07, 6.45) is 0. The number of fused-ring (bicyclic) bond motifs is 3. The van der Waals surface area contributed by atoms with Crippen molar-refractivity contribution in [2.24, 2.45) is 0 Å². The summed E-state index contributed by atoms with van der Waals surface area (Å²) in [5.74, 6) is 0. The van der Waals surface area contributed by atoms with Crippen molar-refractivity contribution in [3.8, 4) is 0 Å². The highest BCUT2D eigenvalue weighted by atomic mass is 28.3. The second-order valence-corrected chi connectivity index (χ2v) is 12.6. The molecule has 2 aromatic carbocycles. The van der Waals surface area contributed by atoms with Gasteiger partial charge in [0.2, 0.25) is 0 Å². The van der Waals surface area contributed by atoms with Gasteiger partial charge in [0.25, 0.3) is 0 Å². The molecule has 1 nitrogen and oxygen atoms in total. The quantitative estimate of drug-likeness (QED) is 0.602. The molecule has 0 atom stereocenters. The van der Waals surface area contributed by atoms with E-state index in [0.717, 1.165) is 0 Å². The zero-order chi connectivity index (χ0) is 14.5. The SMILES string of the molecule is CC(C)(C)[Si](C)(C)c1cccc2c1[nH]c1ccccc12. The molecule has 0 saturated heterocycles. The van der Waals surface area contributed by atoms with Crippen molar-refractivity contribution >= 4 is 35.1 Å². The first kappa shape index (κ1) is 13.4. The van der Waals surface area contributed by atoms with E-state index in [1.165, 1.54) is 21.8 Å². The number of aromatic amines is 1. The first-order valence-corrected chi connectivity index (χ1v) is 10.3. The lowest BCUT2D eigenvalue weighted by molar-refractivity contribution is 0.730. The Balaban J connectivity index is 2.38. The zero-order valence-electron chi connectivity index (χ0n) is 13.0. The molecule has 0 fully saturated rings. The molecule has 1 aromatic heterocycles. The summed E-state index contributed by atoms with van der Waals surface area (Å²) in [7, 11) is -1.54. The standard InChI is InChI=1S/C18H23NSi/c1-18(2,3)20(4,5)16-12-8-10-14-13-9-6-7-11-15(13)19-17(14)16/h6-12,19H,1-5H3. The highest BCUT2D eigenvalue weighted by Crippen LogP contribution is 2.37. The number of hydrogen-bond donors (Lipinski definition) is 1. The number of benzene rings is 2. The van der Waals surface area contributed by atoms with Crippen molar-refractivity contribution in [3.05, 3.63) is 42.5 Å². The monoisotopic (exact) mass is 281 g/mol. The Morgan fingerprint density at radius 2 is 1.50 bits per heavy atom. The van der Waals surface area contributed by atoms with Gasteiger partial charge < -0.3 is 4.98 Å². The summed E-state index contributed by atoms with van der Waals surface area (Å²) in [5, 5.41) is 4.59. The predicted octanol–water partition coefficient (Wildman–Crippen LogP) is 5.04. The van der Waals surface area contributed by atoms with Crippen molar-refractivity contribution in [3.63, 3.8) is 0 Å². The van der Waals surface area contributed by atoms with Crippen LogP contribution in [0.2, 0.25) is 18.1 Å². The van der Waals surface area contributed by atoms with Gasteiger partial charge in [-0.25, -0.2) is 0 Å². The van der Waals surface area contributed by atoms with E-state index in [2.05, 4.69) is 81.3 Å². The third kappa shape index (κ3) is 1.82. The van der Waals surface area contributed by atoms with Crippen LogP contribution in [0.3, 0.4) is 0 Å². The Hall–Kier alpha value is -1.54. The maximum Gasteiger partial charge on any atom is 0.0886 e. The molecular formula is C18H23NSi. The molecule has 3 rings (SSSR count). The Morgan fingerprint density at radius 1 is 0.850 bits per heavy atom. The van der Waals surface area contributed by atoms with Gasteiger partial charge in [0.05, 0.1) is 8.07 Å². The van der Waals surface area contributed by atoms with Crippen molar-refractivity contribution in [2.45, 2.75) is 38.9 Å². The van der Waals surface area contributed by atoms with E-state index in [9.17, 15) is 0 Å². The van der Waals surface area contributed by atoms with E-state index in [4.69, 9.17) is 0 Å². The molecule has 0 spiro atoms. The number of para-hydroxylation sites is 2. The fourth-order valence-corrected chi connectivity index (χ4v) is 4.94. The minimum Gasteiger partial charge on any atom is -0.355 e. The number of aromatic nitrogens is 1. The van der Waals surface area contributed by atoms with Gasteiger partial charge >= 0.3 is 0 Å². The van der Waals surface area contributed by atoms with Crippen molar-refractivity contribution in [1.82, 2.24) is 4.98 Å². The maximum absolute atomic E-state index is 3.66. The smallest absolute Gasteiger partial charge is 0.0886 e. The molecule has 20 heavy (non-hydrogen) atoms. The second kappa shape index (κ2) is 4.22. The molecule has 104 valence electrons. The predicted molar refractivity (Wildman–Crippen MR) is 92.6 cm³/mol. The highest BCUT2D eigenvalue weighted by Gasteiger charge is 2.38. The largest absolute Gasteiger partial charge is 0.355 e. The summed E-state index contributed by atoms with van der Waals surface area (Å²) >= 11 is 0. The zero-order valence-corrected chi connectivity index (χ0v) is 14.0. The summed E-state index contributed by atoms with van der Waals surface area (Å²) in [6, 6.07) is 15.4. The van der Waals surface area contributed by atoms with Gasteiger partial charge in [0, 0.05) is 21.8 Å². The average Bonchev–Trinajstić information content (AvgIpc) is 2.75. The molecule has 0 radical (unpaired) electrons. The Kier molecular flexibility index (Phi) is 2.84. The van der Waals surface area contributed by atoms with Gasteiger partial charge in [-0.15, -0.1) is 0 Å². The molecule has 1 N–H and O–H groups in total. The van der Waals surface area contributed by atoms with Gasteiger partial charge in [-0.2, -0.15) is 0 Å². The van der Waals surface area contributed by atoms with Crippen LogP contribution in [-0.4, -0.2) is 13.1 Å². The Labute approximate surface area is 122 Å². The van der Waals surface area contributed by atoms with Crippen molar-refractivity contribution < 1.29 is 0 Å². The number of nitrogens with one attached hydrogen (secondary N) is 1. The van der Waals surface area contributed by atoms with Gasteiger partial charge in [-0.1, -0.05) is 70.3 Å². The molecular weight excluding hydrogens is 258 g/mol. The molecule has 2 heteroatoms. The Bertz CT molecular complexity index is 775. The molecule has 0 unspecified atom stereocenters. The summed E-state index contributed by atoms with van der Waals surface area (Å²) in [6.45, 7) is 12.1. The normalized spacial score (nSPS) is 13.2. The van der Waals surface area contributed by atoms with Crippen LogP contribution in [0.4, 0.5) is 0 Å². The highest BCUT2D eigenvalue weighted by molar-refractivity contribution is 6.93.